The van der Waals surface area contributed by atoms with Gasteiger partial charge in [0.15, 0.2) is 0 Å². The first-order valence-corrected chi connectivity index (χ1v) is 5.41. The SMILES string of the molecule is O=C(O)C[C@H](NC(=O)c1cc([N+](=O)[O-])ccc1F)C(=O)O. The number of aliphatic carboxylic acids is 2. The molecule has 0 aliphatic heterocycles. The predicted octanol–water partition coefficient (Wildman–Crippen LogP) is 0.392. The second-order valence-electron chi connectivity index (χ2n) is 3.88. The van der Waals surface area contributed by atoms with Crippen LogP contribution >= 0.6 is 0 Å². The molecule has 0 fully saturated rings. The third kappa shape index (κ3) is 4.23. The molecule has 0 aliphatic rings. The first-order chi connectivity index (χ1) is 9.72. The summed E-state index contributed by atoms with van der Waals surface area (Å²) in [6, 6.07) is 0.358. The van der Waals surface area contributed by atoms with Crippen LogP contribution in [-0.2, 0) is 9.59 Å². The van der Waals surface area contributed by atoms with Crippen LogP contribution in [0.1, 0.15) is 16.8 Å². The smallest absolute Gasteiger partial charge is 0.326 e. The fraction of sp³-hybridized carbons (Fsp3) is 0.182. The fourth-order valence-electron chi connectivity index (χ4n) is 1.41. The summed E-state index contributed by atoms with van der Waals surface area (Å²) in [5.74, 6) is -5.47. The number of carbonyl (C=O) groups is 3. The van der Waals surface area contributed by atoms with Gasteiger partial charge in [-0.3, -0.25) is 19.7 Å². The highest BCUT2D eigenvalue weighted by molar-refractivity contribution is 5.98. The van der Waals surface area contributed by atoms with Gasteiger partial charge in [0.2, 0.25) is 0 Å². The Bertz CT molecular complexity index is 617. The van der Waals surface area contributed by atoms with Gasteiger partial charge in [0.25, 0.3) is 11.6 Å². The van der Waals surface area contributed by atoms with E-state index in [9.17, 15) is 28.9 Å². The van der Waals surface area contributed by atoms with Crippen molar-refractivity contribution in [2.75, 3.05) is 0 Å². The molecule has 1 aromatic rings. The monoisotopic (exact) mass is 300 g/mol. The summed E-state index contributed by atoms with van der Waals surface area (Å²) in [6.45, 7) is 0. The van der Waals surface area contributed by atoms with Crippen LogP contribution in [0.2, 0.25) is 0 Å². The molecule has 112 valence electrons. The molecule has 0 bridgehead atoms. The van der Waals surface area contributed by atoms with Crippen molar-refractivity contribution in [1.29, 1.82) is 0 Å². The molecular weight excluding hydrogens is 291 g/mol. The third-order valence-electron chi connectivity index (χ3n) is 2.39. The Morgan fingerprint density at radius 3 is 2.43 bits per heavy atom. The lowest BCUT2D eigenvalue weighted by Gasteiger charge is -2.12. The lowest BCUT2D eigenvalue weighted by atomic mass is 10.1. The highest BCUT2D eigenvalue weighted by Crippen LogP contribution is 2.17. The zero-order chi connectivity index (χ0) is 16.2. The van der Waals surface area contributed by atoms with Crippen LogP contribution in [-0.4, -0.2) is 39.0 Å². The molecule has 0 saturated heterocycles. The minimum Gasteiger partial charge on any atom is -0.481 e. The molecule has 0 aliphatic carbocycles. The van der Waals surface area contributed by atoms with Crippen LogP contribution in [0.4, 0.5) is 10.1 Å². The van der Waals surface area contributed by atoms with Gasteiger partial charge in [-0.25, -0.2) is 9.18 Å². The number of hydrogen-bond acceptors (Lipinski definition) is 5. The third-order valence-corrected chi connectivity index (χ3v) is 2.39. The van der Waals surface area contributed by atoms with Gasteiger partial charge in [0, 0.05) is 12.1 Å². The van der Waals surface area contributed by atoms with Crippen molar-refractivity contribution in [3.63, 3.8) is 0 Å². The predicted molar refractivity (Wildman–Crippen MR) is 64.2 cm³/mol. The highest BCUT2D eigenvalue weighted by Gasteiger charge is 2.25. The van der Waals surface area contributed by atoms with Gasteiger partial charge >= 0.3 is 11.9 Å². The molecule has 10 heteroatoms. The van der Waals surface area contributed by atoms with Crippen molar-refractivity contribution in [2.24, 2.45) is 0 Å². The van der Waals surface area contributed by atoms with Crippen molar-refractivity contribution in [2.45, 2.75) is 12.5 Å². The maximum absolute atomic E-state index is 13.5. The maximum atomic E-state index is 13.5. The van der Waals surface area contributed by atoms with Gasteiger partial charge < -0.3 is 15.5 Å². The molecule has 1 atom stereocenters. The number of hydrogen-bond donors (Lipinski definition) is 3. The Balaban J connectivity index is 3.02. The van der Waals surface area contributed by atoms with Crippen LogP contribution in [0.3, 0.4) is 0 Å². The summed E-state index contributed by atoms with van der Waals surface area (Å²) < 4.78 is 13.5. The molecule has 9 nitrogen and oxygen atoms in total. The first-order valence-electron chi connectivity index (χ1n) is 5.41. The average molecular weight is 300 g/mol. The van der Waals surface area contributed by atoms with Crippen molar-refractivity contribution in [3.8, 4) is 0 Å². The number of amides is 1. The zero-order valence-electron chi connectivity index (χ0n) is 10.3. The number of rotatable bonds is 6. The number of carboxylic acid groups (broad SMARTS) is 2. The largest absolute Gasteiger partial charge is 0.481 e. The molecule has 1 amide bonds. The maximum Gasteiger partial charge on any atom is 0.326 e. The van der Waals surface area contributed by atoms with E-state index in [4.69, 9.17) is 10.2 Å². The standard InChI is InChI=1S/C11H9FN2O7/c12-7-2-1-5(14(20)21)3-6(7)10(17)13-8(11(18)19)4-9(15)16/h1-3,8H,4H2,(H,13,17)(H,15,16)(H,18,19)/t8-/m0/s1. The lowest BCUT2D eigenvalue weighted by molar-refractivity contribution is -0.384. The summed E-state index contributed by atoms with van der Waals surface area (Å²) in [5.41, 5.74) is -1.31. The van der Waals surface area contributed by atoms with Crippen LogP contribution in [0.25, 0.3) is 0 Å². The second kappa shape index (κ2) is 6.41. The normalized spacial score (nSPS) is 11.5. The molecule has 0 radical (unpaired) electrons. The van der Waals surface area contributed by atoms with E-state index in [1.807, 2.05) is 0 Å². The number of nitro benzene ring substituents is 1. The number of nitrogens with one attached hydrogen (secondary N) is 1. The minimum absolute atomic E-state index is 0.563. The quantitative estimate of drug-likeness (QED) is 0.508. The first kappa shape index (κ1) is 16.0. The van der Waals surface area contributed by atoms with Crippen molar-refractivity contribution < 1.29 is 33.9 Å². The van der Waals surface area contributed by atoms with E-state index < -0.39 is 52.3 Å². The van der Waals surface area contributed by atoms with Crippen LogP contribution < -0.4 is 5.32 Å². The van der Waals surface area contributed by atoms with Crippen LogP contribution in [0.5, 0.6) is 0 Å². The van der Waals surface area contributed by atoms with E-state index in [0.29, 0.717) is 12.1 Å². The van der Waals surface area contributed by atoms with E-state index in [1.54, 1.807) is 5.32 Å². The Hall–Kier alpha value is -3.04. The van der Waals surface area contributed by atoms with E-state index in [1.165, 1.54) is 0 Å². The highest BCUT2D eigenvalue weighted by atomic mass is 19.1. The minimum atomic E-state index is -1.78. The summed E-state index contributed by atoms with van der Waals surface area (Å²) in [6.07, 6.45) is -0.919. The molecule has 1 rings (SSSR count). The van der Waals surface area contributed by atoms with E-state index in [-0.39, 0.29) is 0 Å². The van der Waals surface area contributed by atoms with Gasteiger partial charge in [0.1, 0.15) is 11.9 Å². The van der Waals surface area contributed by atoms with Gasteiger partial charge in [-0.2, -0.15) is 0 Å². The molecule has 0 aromatic heterocycles. The average Bonchev–Trinajstić information content (AvgIpc) is 2.37. The van der Waals surface area contributed by atoms with Gasteiger partial charge in [-0.1, -0.05) is 0 Å². The van der Waals surface area contributed by atoms with Crippen molar-refractivity contribution >= 4 is 23.5 Å². The van der Waals surface area contributed by atoms with E-state index in [0.717, 1.165) is 6.07 Å². The zero-order valence-corrected chi connectivity index (χ0v) is 10.3. The van der Waals surface area contributed by atoms with Gasteiger partial charge in [-0.05, 0) is 6.07 Å². The molecule has 1 aromatic carbocycles. The summed E-state index contributed by atoms with van der Waals surface area (Å²) in [5, 5.41) is 29.6. The second-order valence-corrected chi connectivity index (χ2v) is 3.88. The number of halogens is 1. The van der Waals surface area contributed by atoms with E-state index in [2.05, 4.69) is 0 Å². The van der Waals surface area contributed by atoms with E-state index >= 15 is 0 Å². The number of non-ortho nitro benzene ring substituents is 1. The summed E-state index contributed by atoms with van der Waals surface area (Å²) >= 11 is 0. The number of carboxylic acids is 2. The Labute approximate surface area is 116 Å². The number of nitro groups is 1. The summed E-state index contributed by atoms with van der Waals surface area (Å²) in [4.78, 5) is 42.6. The molecule has 3 N–H and O–H groups in total. The van der Waals surface area contributed by atoms with Crippen molar-refractivity contribution in [3.05, 3.63) is 39.7 Å². The Morgan fingerprint density at radius 2 is 1.95 bits per heavy atom. The van der Waals surface area contributed by atoms with Crippen molar-refractivity contribution in [1.82, 2.24) is 5.32 Å². The Morgan fingerprint density at radius 1 is 1.33 bits per heavy atom. The fourth-order valence-corrected chi connectivity index (χ4v) is 1.41. The van der Waals surface area contributed by atoms with Gasteiger partial charge in [0.05, 0.1) is 16.9 Å². The molecule has 0 heterocycles. The lowest BCUT2D eigenvalue weighted by Crippen LogP contribution is -2.42. The number of carbonyl (C=O) groups excluding carboxylic acids is 1. The van der Waals surface area contributed by atoms with Crippen LogP contribution in [0, 0.1) is 15.9 Å². The Kier molecular flexibility index (Phi) is 4.89. The number of nitrogens with zero attached hydrogens (tertiary/aromatic N) is 1. The number of benzene rings is 1. The molecule has 21 heavy (non-hydrogen) atoms. The van der Waals surface area contributed by atoms with Crippen LogP contribution in [0.15, 0.2) is 18.2 Å². The topological polar surface area (TPSA) is 147 Å². The molecular formula is C11H9FN2O7. The molecule has 0 spiro atoms. The van der Waals surface area contributed by atoms with Gasteiger partial charge in [-0.15, -0.1) is 0 Å². The summed E-state index contributed by atoms with van der Waals surface area (Å²) in [7, 11) is 0. The molecule has 0 unspecified atom stereocenters. The molecule has 0 saturated carbocycles.